The number of anilines is 1. The lowest BCUT2D eigenvalue weighted by Crippen LogP contribution is -2.53. The van der Waals surface area contributed by atoms with E-state index in [2.05, 4.69) is 5.32 Å². The number of carbonyl (C=O) groups excluding carboxylic acids is 2. The fourth-order valence-corrected chi connectivity index (χ4v) is 6.34. The first kappa shape index (κ1) is 32.4. The van der Waals surface area contributed by atoms with Crippen molar-refractivity contribution in [2.75, 3.05) is 17.9 Å². The van der Waals surface area contributed by atoms with Crippen LogP contribution in [-0.2, 0) is 32.6 Å². The summed E-state index contributed by atoms with van der Waals surface area (Å²) < 4.78 is 29.0. The summed E-state index contributed by atoms with van der Waals surface area (Å²) in [5.41, 5.74) is 2.56. The molecule has 1 N–H and O–H groups in total. The maximum atomic E-state index is 14.3. The fraction of sp³-hybridized carbons (Fsp3) is 0.188. The molecule has 7 nitrogen and oxygen atoms in total. The molecule has 0 heterocycles. The lowest BCUT2D eigenvalue weighted by atomic mass is 10.0. The van der Waals surface area contributed by atoms with Gasteiger partial charge in [-0.2, -0.15) is 0 Å². The van der Waals surface area contributed by atoms with Crippen molar-refractivity contribution in [2.45, 2.75) is 30.8 Å². The smallest absolute Gasteiger partial charge is 0.264 e. The second-order valence-electron chi connectivity index (χ2n) is 9.89. The molecule has 0 saturated heterocycles. The molecule has 4 rings (SSSR count). The molecule has 224 valence electrons. The lowest BCUT2D eigenvalue weighted by molar-refractivity contribution is -0.139. The molecule has 0 aliphatic carbocycles. The van der Waals surface area contributed by atoms with Crippen molar-refractivity contribution < 1.29 is 18.0 Å². The third kappa shape index (κ3) is 8.09. The summed E-state index contributed by atoms with van der Waals surface area (Å²) in [6.45, 7) is 1.27. The zero-order chi connectivity index (χ0) is 31.1. The molecule has 0 aliphatic heterocycles. The number of rotatable bonds is 11. The van der Waals surface area contributed by atoms with E-state index in [1.54, 1.807) is 36.4 Å². The number of benzene rings is 4. The van der Waals surface area contributed by atoms with Crippen LogP contribution >= 0.6 is 34.8 Å². The maximum Gasteiger partial charge on any atom is 0.264 e. The largest absolute Gasteiger partial charge is 0.357 e. The minimum absolute atomic E-state index is 0.00615. The predicted octanol–water partition coefficient (Wildman–Crippen LogP) is 6.54. The summed E-state index contributed by atoms with van der Waals surface area (Å²) in [6.07, 6.45) is 0.206. The molecule has 0 aliphatic rings. The molecule has 0 fully saturated rings. The van der Waals surface area contributed by atoms with E-state index >= 15 is 0 Å². The van der Waals surface area contributed by atoms with Gasteiger partial charge >= 0.3 is 0 Å². The Morgan fingerprint density at radius 3 is 2.07 bits per heavy atom. The van der Waals surface area contributed by atoms with E-state index < -0.39 is 34.4 Å². The Balaban J connectivity index is 1.80. The molecule has 0 aromatic heterocycles. The van der Waals surface area contributed by atoms with Crippen molar-refractivity contribution in [3.63, 3.8) is 0 Å². The van der Waals surface area contributed by atoms with Gasteiger partial charge in [-0.25, -0.2) is 8.42 Å². The number of aryl methyl sites for hydroxylation is 1. The van der Waals surface area contributed by atoms with Gasteiger partial charge < -0.3 is 10.2 Å². The number of hydrogen-bond donors (Lipinski definition) is 1. The first-order chi connectivity index (χ1) is 20.5. The van der Waals surface area contributed by atoms with E-state index in [-0.39, 0.29) is 33.6 Å². The van der Waals surface area contributed by atoms with Crippen molar-refractivity contribution in [1.29, 1.82) is 0 Å². The average molecular weight is 659 g/mol. The summed E-state index contributed by atoms with van der Waals surface area (Å²) in [5.74, 6) is -0.991. The third-order valence-corrected chi connectivity index (χ3v) is 9.64. The van der Waals surface area contributed by atoms with E-state index in [0.29, 0.717) is 10.6 Å². The van der Waals surface area contributed by atoms with Crippen LogP contribution in [0.25, 0.3) is 0 Å². The van der Waals surface area contributed by atoms with Crippen LogP contribution in [0.5, 0.6) is 0 Å². The van der Waals surface area contributed by atoms with Gasteiger partial charge in [-0.3, -0.25) is 13.9 Å². The van der Waals surface area contributed by atoms with Gasteiger partial charge in [0.2, 0.25) is 11.8 Å². The van der Waals surface area contributed by atoms with Crippen LogP contribution in [0.2, 0.25) is 15.1 Å². The molecule has 0 spiro atoms. The predicted molar refractivity (Wildman–Crippen MR) is 172 cm³/mol. The summed E-state index contributed by atoms with van der Waals surface area (Å²) >= 11 is 18.5. The molecule has 0 radical (unpaired) electrons. The molecule has 1 atom stereocenters. The number of nitrogens with one attached hydrogen (secondary N) is 1. The molecule has 43 heavy (non-hydrogen) atoms. The van der Waals surface area contributed by atoms with Crippen LogP contribution in [0.3, 0.4) is 0 Å². The van der Waals surface area contributed by atoms with E-state index in [1.165, 1.54) is 42.3 Å². The Morgan fingerprint density at radius 2 is 1.47 bits per heavy atom. The minimum Gasteiger partial charge on any atom is -0.357 e. The van der Waals surface area contributed by atoms with Crippen LogP contribution in [0.15, 0.2) is 102 Å². The van der Waals surface area contributed by atoms with Crippen LogP contribution in [0.1, 0.15) is 16.7 Å². The van der Waals surface area contributed by atoms with Gasteiger partial charge in [-0.1, -0.05) is 95.0 Å². The first-order valence-corrected chi connectivity index (χ1v) is 15.9. The molecule has 4 aromatic carbocycles. The summed E-state index contributed by atoms with van der Waals surface area (Å²) in [5, 5.41) is 3.53. The van der Waals surface area contributed by atoms with Crippen molar-refractivity contribution in [1.82, 2.24) is 10.2 Å². The Labute approximate surface area is 267 Å². The SMILES string of the molecule is CNC(=O)[C@@H](Cc1ccccc1)N(Cc1ccc(Cl)cc1)C(=O)CN(c1ccc(Cl)c(Cl)c1)S(=O)(=O)c1ccc(C)cc1. The molecular formula is C32H30Cl3N3O4S. The Morgan fingerprint density at radius 1 is 0.814 bits per heavy atom. The number of nitrogens with zero attached hydrogens (tertiary/aromatic N) is 2. The highest BCUT2D eigenvalue weighted by Gasteiger charge is 2.34. The Bertz CT molecular complexity index is 1680. The average Bonchev–Trinajstić information content (AvgIpc) is 3.00. The van der Waals surface area contributed by atoms with E-state index in [0.717, 1.165) is 15.4 Å². The second kappa shape index (κ2) is 14.3. The topological polar surface area (TPSA) is 86.8 Å². The Hall–Kier alpha value is -3.56. The van der Waals surface area contributed by atoms with Crippen molar-refractivity contribution in [3.8, 4) is 0 Å². The van der Waals surface area contributed by atoms with Gasteiger partial charge in [-0.05, 0) is 60.5 Å². The summed E-state index contributed by atoms with van der Waals surface area (Å²) in [4.78, 5) is 29.0. The molecule has 2 amide bonds. The normalized spacial score (nSPS) is 11.9. The van der Waals surface area contributed by atoms with Crippen LogP contribution < -0.4 is 9.62 Å². The lowest BCUT2D eigenvalue weighted by Gasteiger charge is -2.33. The molecular weight excluding hydrogens is 629 g/mol. The van der Waals surface area contributed by atoms with Crippen LogP contribution in [0, 0.1) is 6.92 Å². The van der Waals surface area contributed by atoms with Gasteiger partial charge in [0.05, 0.1) is 20.6 Å². The molecule has 4 aromatic rings. The summed E-state index contributed by atoms with van der Waals surface area (Å²) in [6, 6.07) is 25.9. The number of carbonyl (C=O) groups is 2. The minimum atomic E-state index is -4.25. The van der Waals surface area contributed by atoms with Crippen molar-refractivity contribution in [3.05, 3.63) is 129 Å². The molecule has 0 bridgehead atoms. The molecule has 0 saturated carbocycles. The van der Waals surface area contributed by atoms with Crippen LogP contribution in [0.4, 0.5) is 5.69 Å². The van der Waals surface area contributed by atoms with Crippen molar-refractivity contribution in [2.24, 2.45) is 0 Å². The van der Waals surface area contributed by atoms with E-state index in [9.17, 15) is 18.0 Å². The first-order valence-electron chi connectivity index (χ1n) is 13.3. The number of halogens is 3. The highest BCUT2D eigenvalue weighted by molar-refractivity contribution is 7.92. The molecule has 11 heteroatoms. The highest BCUT2D eigenvalue weighted by Crippen LogP contribution is 2.31. The number of sulfonamides is 1. The third-order valence-electron chi connectivity index (χ3n) is 6.86. The second-order valence-corrected chi connectivity index (χ2v) is 13.0. The standard InChI is InChI=1S/C32H30Cl3N3O4S/c1-22-8-15-27(16-9-22)43(41,42)38(26-14-17-28(34)29(35)19-26)21-31(39)37(20-24-10-12-25(33)13-11-24)30(32(40)36-2)18-23-6-4-3-5-7-23/h3-17,19,30H,18,20-21H2,1-2H3,(H,36,40)/t30-/m1/s1. The van der Waals surface area contributed by atoms with Crippen molar-refractivity contribution >= 4 is 62.3 Å². The number of likely N-dealkylation sites (N-methyl/N-ethyl adjacent to an activating group) is 1. The summed E-state index contributed by atoms with van der Waals surface area (Å²) in [7, 11) is -2.76. The number of amides is 2. The Kier molecular flexibility index (Phi) is 10.7. The van der Waals surface area contributed by atoms with E-state index in [4.69, 9.17) is 34.8 Å². The highest BCUT2D eigenvalue weighted by atomic mass is 35.5. The van der Waals surface area contributed by atoms with E-state index in [1.807, 2.05) is 37.3 Å². The van der Waals surface area contributed by atoms with Gasteiger partial charge in [0.15, 0.2) is 0 Å². The zero-order valence-electron chi connectivity index (χ0n) is 23.5. The quantitative estimate of drug-likeness (QED) is 0.198. The fourth-order valence-electron chi connectivity index (χ4n) is 4.51. The van der Waals surface area contributed by atoms with Gasteiger partial charge in [0.25, 0.3) is 10.0 Å². The number of hydrogen-bond acceptors (Lipinski definition) is 4. The van der Waals surface area contributed by atoms with Crippen LogP contribution in [-0.4, -0.2) is 44.8 Å². The van der Waals surface area contributed by atoms with Gasteiger partial charge in [0, 0.05) is 25.0 Å². The van der Waals surface area contributed by atoms with Gasteiger partial charge in [0.1, 0.15) is 12.6 Å². The zero-order valence-corrected chi connectivity index (χ0v) is 26.6. The maximum absolute atomic E-state index is 14.3. The van der Waals surface area contributed by atoms with Gasteiger partial charge in [-0.15, -0.1) is 0 Å². The monoisotopic (exact) mass is 657 g/mol. The molecule has 0 unspecified atom stereocenters.